The minimum atomic E-state index is -0.212. The molecule has 0 bridgehead atoms. The van der Waals surface area contributed by atoms with Crippen LogP contribution in [0.25, 0.3) is 0 Å². The highest BCUT2D eigenvalue weighted by Crippen LogP contribution is 2.17. The highest BCUT2D eigenvalue weighted by atomic mass is 16.5. The summed E-state index contributed by atoms with van der Waals surface area (Å²) >= 11 is 0. The third kappa shape index (κ3) is 5.06. The number of aromatic nitrogens is 2. The Labute approximate surface area is 149 Å². The van der Waals surface area contributed by atoms with Crippen molar-refractivity contribution in [1.82, 2.24) is 15.1 Å². The summed E-state index contributed by atoms with van der Waals surface area (Å²) in [6, 6.07) is 7.46. The molecule has 6 heteroatoms. The zero-order chi connectivity index (χ0) is 18.4. The van der Waals surface area contributed by atoms with Gasteiger partial charge in [0.25, 0.3) is 0 Å². The van der Waals surface area contributed by atoms with Gasteiger partial charge >= 0.3 is 6.03 Å². The SMILES string of the molecule is CCOCc1ccccc1NC(=O)N[C@H](C)Cc1c(C)nn(C)c1C. The summed E-state index contributed by atoms with van der Waals surface area (Å²) in [6.07, 6.45) is 0.750. The van der Waals surface area contributed by atoms with Crippen LogP contribution in [-0.4, -0.2) is 28.5 Å². The zero-order valence-corrected chi connectivity index (χ0v) is 15.7. The normalized spacial score (nSPS) is 12.0. The molecule has 0 radical (unpaired) electrons. The summed E-state index contributed by atoms with van der Waals surface area (Å²) in [5, 5.41) is 10.3. The minimum absolute atomic E-state index is 0.000606. The molecule has 6 nitrogen and oxygen atoms in total. The molecule has 0 spiro atoms. The molecule has 0 fully saturated rings. The van der Waals surface area contributed by atoms with Crippen LogP contribution in [0.2, 0.25) is 0 Å². The van der Waals surface area contributed by atoms with E-state index in [0.717, 1.165) is 29.1 Å². The third-order valence-corrected chi connectivity index (χ3v) is 4.27. The van der Waals surface area contributed by atoms with Crippen LogP contribution in [0.1, 0.15) is 36.4 Å². The molecular weight excluding hydrogens is 316 g/mol. The fourth-order valence-corrected chi connectivity index (χ4v) is 2.83. The lowest BCUT2D eigenvalue weighted by Crippen LogP contribution is -2.37. The maximum atomic E-state index is 12.3. The quantitative estimate of drug-likeness (QED) is 0.809. The first-order valence-corrected chi connectivity index (χ1v) is 8.64. The highest BCUT2D eigenvalue weighted by molar-refractivity contribution is 5.90. The predicted molar refractivity (Wildman–Crippen MR) is 99.8 cm³/mol. The van der Waals surface area contributed by atoms with E-state index < -0.39 is 0 Å². The van der Waals surface area contributed by atoms with E-state index in [2.05, 4.69) is 15.7 Å². The second-order valence-electron chi connectivity index (χ2n) is 6.27. The maximum Gasteiger partial charge on any atom is 0.319 e. The van der Waals surface area contributed by atoms with Crippen molar-refractivity contribution in [2.75, 3.05) is 11.9 Å². The average Bonchev–Trinajstić information content (AvgIpc) is 2.80. The molecule has 0 saturated heterocycles. The van der Waals surface area contributed by atoms with Gasteiger partial charge in [0.2, 0.25) is 0 Å². The number of anilines is 1. The van der Waals surface area contributed by atoms with E-state index in [1.807, 2.05) is 63.7 Å². The van der Waals surface area contributed by atoms with Crippen LogP contribution < -0.4 is 10.6 Å². The van der Waals surface area contributed by atoms with Crippen molar-refractivity contribution in [2.24, 2.45) is 7.05 Å². The Morgan fingerprint density at radius 2 is 2.04 bits per heavy atom. The number of carbonyl (C=O) groups excluding carboxylic acids is 1. The van der Waals surface area contributed by atoms with Crippen molar-refractivity contribution in [1.29, 1.82) is 0 Å². The Bertz CT molecular complexity index is 724. The smallest absolute Gasteiger partial charge is 0.319 e. The molecule has 0 aliphatic carbocycles. The molecule has 25 heavy (non-hydrogen) atoms. The van der Waals surface area contributed by atoms with Crippen LogP contribution in [0.3, 0.4) is 0 Å². The molecule has 1 atom stereocenters. The van der Waals surface area contributed by atoms with Crippen LogP contribution >= 0.6 is 0 Å². The summed E-state index contributed by atoms with van der Waals surface area (Å²) in [7, 11) is 1.94. The van der Waals surface area contributed by atoms with Gasteiger partial charge in [0.15, 0.2) is 0 Å². The molecule has 2 amide bonds. The number of aryl methyl sites for hydroxylation is 2. The number of hydrogen-bond donors (Lipinski definition) is 2. The van der Waals surface area contributed by atoms with E-state index in [0.29, 0.717) is 13.2 Å². The molecule has 2 N–H and O–H groups in total. The van der Waals surface area contributed by atoms with Gasteiger partial charge in [-0.3, -0.25) is 4.68 Å². The Morgan fingerprint density at radius 3 is 2.68 bits per heavy atom. The van der Waals surface area contributed by atoms with Gasteiger partial charge in [-0.2, -0.15) is 5.10 Å². The largest absolute Gasteiger partial charge is 0.377 e. The van der Waals surface area contributed by atoms with Crippen LogP contribution in [0.4, 0.5) is 10.5 Å². The summed E-state index contributed by atoms with van der Waals surface area (Å²) in [4.78, 5) is 12.3. The number of benzene rings is 1. The number of ether oxygens (including phenoxy) is 1. The molecule has 0 aliphatic heterocycles. The molecule has 1 heterocycles. The average molecular weight is 344 g/mol. The number of rotatable bonds is 7. The van der Waals surface area contributed by atoms with Gasteiger partial charge in [0.1, 0.15) is 0 Å². The number of para-hydroxylation sites is 1. The number of nitrogens with zero attached hydrogens (tertiary/aromatic N) is 2. The molecule has 1 aromatic carbocycles. The number of amides is 2. The molecule has 0 aliphatic rings. The predicted octanol–water partition coefficient (Wildman–Crippen LogP) is 3.33. The number of nitrogens with one attached hydrogen (secondary N) is 2. The summed E-state index contributed by atoms with van der Waals surface area (Å²) in [5.41, 5.74) is 5.07. The van der Waals surface area contributed by atoms with E-state index in [1.165, 1.54) is 5.56 Å². The number of hydrogen-bond acceptors (Lipinski definition) is 3. The first-order valence-electron chi connectivity index (χ1n) is 8.64. The van der Waals surface area contributed by atoms with Crippen LogP contribution in [0.5, 0.6) is 0 Å². The van der Waals surface area contributed by atoms with Gasteiger partial charge < -0.3 is 15.4 Å². The lowest BCUT2D eigenvalue weighted by Gasteiger charge is -2.16. The van der Waals surface area contributed by atoms with Crippen molar-refractivity contribution in [2.45, 2.75) is 46.8 Å². The van der Waals surface area contributed by atoms with Crippen molar-refractivity contribution in [3.63, 3.8) is 0 Å². The first-order chi connectivity index (χ1) is 11.9. The highest BCUT2D eigenvalue weighted by Gasteiger charge is 2.15. The number of carbonyl (C=O) groups is 1. The summed E-state index contributed by atoms with van der Waals surface area (Å²) < 4.78 is 7.33. The van der Waals surface area contributed by atoms with Crippen LogP contribution in [0.15, 0.2) is 24.3 Å². The third-order valence-electron chi connectivity index (χ3n) is 4.27. The topological polar surface area (TPSA) is 68.2 Å². The lowest BCUT2D eigenvalue weighted by molar-refractivity contribution is 0.134. The van der Waals surface area contributed by atoms with E-state index in [1.54, 1.807) is 0 Å². The van der Waals surface area contributed by atoms with Gasteiger partial charge in [-0.25, -0.2) is 4.79 Å². The molecule has 2 rings (SSSR count). The second-order valence-corrected chi connectivity index (χ2v) is 6.27. The molecule has 1 aromatic heterocycles. The minimum Gasteiger partial charge on any atom is -0.377 e. The second kappa shape index (κ2) is 8.67. The monoisotopic (exact) mass is 344 g/mol. The van der Waals surface area contributed by atoms with Gasteiger partial charge in [-0.1, -0.05) is 18.2 Å². The molecule has 136 valence electrons. The van der Waals surface area contributed by atoms with E-state index >= 15 is 0 Å². The molecule has 0 saturated carbocycles. The number of urea groups is 1. The van der Waals surface area contributed by atoms with Crippen molar-refractivity contribution in [3.05, 3.63) is 46.8 Å². The standard InChI is InChI=1S/C19H28N4O2/c1-6-25-12-16-9-7-8-10-18(16)21-19(24)20-13(2)11-17-14(3)22-23(5)15(17)4/h7-10,13H,6,11-12H2,1-5H3,(H2,20,21,24)/t13-/m1/s1. The zero-order valence-electron chi connectivity index (χ0n) is 15.7. The van der Waals surface area contributed by atoms with E-state index in [-0.39, 0.29) is 12.1 Å². The maximum absolute atomic E-state index is 12.3. The molecule has 0 unspecified atom stereocenters. The van der Waals surface area contributed by atoms with Gasteiger partial charge in [-0.05, 0) is 45.7 Å². The lowest BCUT2D eigenvalue weighted by atomic mass is 10.1. The van der Waals surface area contributed by atoms with E-state index in [4.69, 9.17) is 4.74 Å². The van der Waals surface area contributed by atoms with Crippen LogP contribution in [-0.2, 0) is 24.8 Å². The Balaban J connectivity index is 1.96. The molecular formula is C19H28N4O2. The molecule has 2 aromatic rings. The fourth-order valence-electron chi connectivity index (χ4n) is 2.83. The van der Waals surface area contributed by atoms with Crippen molar-refractivity contribution < 1.29 is 9.53 Å². The van der Waals surface area contributed by atoms with Gasteiger partial charge in [0.05, 0.1) is 12.3 Å². The van der Waals surface area contributed by atoms with Crippen LogP contribution in [0, 0.1) is 13.8 Å². The fraction of sp³-hybridized carbons (Fsp3) is 0.474. The van der Waals surface area contributed by atoms with Crippen molar-refractivity contribution in [3.8, 4) is 0 Å². The van der Waals surface area contributed by atoms with Crippen molar-refractivity contribution >= 4 is 11.7 Å². The first kappa shape index (κ1) is 19.0. The van der Waals surface area contributed by atoms with Gasteiger partial charge in [0, 0.05) is 36.6 Å². The summed E-state index contributed by atoms with van der Waals surface area (Å²) in [6.45, 7) is 9.12. The Kier molecular flexibility index (Phi) is 6.58. The Morgan fingerprint density at radius 1 is 1.32 bits per heavy atom. The Hall–Kier alpha value is -2.34. The summed E-state index contributed by atoms with van der Waals surface area (Å²) in [5.74, 6) is 0. The van der Waals surface area contributed by atoms with Gasteiger partial charge in [-0.15, -0.1) is 0 Å². The van der Waals surface area contributed by atoms with E-state index in [9.17, 15) is 4.79 Å².